The van der Waals surface area contributed by atoms with Crippen LogP contribution >= 0.6 is 0 Å². The van der Waals surface area contributed by atoms with Gasteiger partial charge in [0.1, 0.15) is 11.9 Å². The summed E-state index contributed by atoms with van der Waals surface area (Å²) < 4.78 is 19.5. The Morgan fingerprint density at radius 2 is 1.97 bits per heavy atom. The van der Waals surface area contributed by atoms with E-state index in [9.17, 15) is 14.3 Å². The van der Waals surface area contributed by atoms with Gasteiger partial charge in [-0.3, -0.25) is 4.79 Å². The van der Waals surface area contributed by atoms with Crippen molar-refractivity contribution in [2.45, 2.75) is 50.2 Å². The van der Waals surface area contributed by atoms with E-state index in [1.165, 1.54) is 12.1 Å². The maximum atomic E-state index is 13.5. The van der Waals surface area contributed by atoms with Gasteiger partial charge in [0, 0.05) is 32.4 Å². The molecule has 1 saturated carbocycles. The highest BCUT2D eigenvalue weighted by Crippen LogP contribution is 2.34. The Morgan fingerprint density at radius 1 is 1.25 bits per heavy atom. The molecule has 2 heterocycles. The van der Waals surface area contributed by atoms with Gasteiger partial charge in [0.05, 0.1) is 30.9 Å². The van der Waals surface area contributed by atoms with Crippen molar-refractivity contribution in [1.29, 1.82) is 0 Å². The Morgan fingerprint density at radius 3 is 2.66 bits per heavy atom. The van der Waals surface area contributed by atoms with Crippen LogP contribution in [0.5, 0.6) is 0 Å². The molecule has 172 valence electrons. The van der Waals surface area contributed by atoms with Crippen LogP contribution in [0.15, 0.2) is 30.5 Å². The van der Waals surface area contributed by atoms with Gasteiger partial charge < -0.3 is 19.6 Å². The molecule has 32 heavy (non-hydrogen) atoms. The first-order valence-corrected chi connectivity index (χ1v) is 11.3. The van der Waals surface area contributed by atoms with E-state index in [1.807, 2.05) is 19.0 Å². The lowest BCUT2D eigenvalue weighted by Gasteiger charge is -2.37. The van der Waals surface area contributed by atoms with E-state index < -0.39 is 11.7 Å². The van der Waals surface area contributed by atoms with Gasteiger partial charge in [0.15, 0.2) is 0 Å². The van der Waals surface area contributed by atoms with E-state index in [1.54, 1.807) is 23.2 Å². The lowest BCUT2D eigenvalue weighted by atomic mass is 9.82. The molecule has 1 atom stereocenters. The van der Waals surface area contributed by atoms with Crippen LogP contribution < -0.4 is 4.90 Å². The number of carbonyl (C=O) groups excluding carboxylic acids is 1. The maximum absolute atomic E-state index is 13.5. The SMILES string of the molecule is CN(C)c1ncc(-c2ccc(F)cc2)c([C@@H]2CN(C(=O)CC3(O)CCCCC3)CCO2)n1. The van der Waals surface area contributed by atoms with Crippen molar-refractivity contribution in [2.75, 3.05) is 38.7 Å². The third kappa shape index (κ3) is 5.07. The molecule has 2 fully saturated rings. The molecular formula is C24H31FN4O3. The van der Waals surface area contributed by atoms with Crippen molar-refractivity contribution >= 4 is 11.9 Å². The molecule has 1 N–H and O–H groups in total. The number of aromatic nitrogens is 2. The summed E-state index contributed by atoms with van der Waals surface area (Å²) in [6.07, 6.45) is 5.84. The van der Waals surface area contributed by atoms with Gasteiger partial charge in [-0.25, -0.2) is 14.4 Å². The van der Waals surface area contributed by atoms with Crippen LogP contribution in [-0.2, 0) is 9.53 Å². The Balaban J connectivity index is 1.58. The third-order valence-electron chi connectivity index (χ3n) is 6.35. The van der Waals surface area contributed by atoms with Crippen LogP contribution in [0.25, 0.3) is 11.1 Å². The van der Waals surface area contributed by atoms with Gasteiger partial charge in [0.25, 0.3) is 0 Å². The minimum atomic E-state index is -0.893. The Kier molecular flexibility index (Phi) is 6.71. The van der Waals surface area contributed by atoms with Crippen LogP contribution in [0.4, 0.5) is 10.3 Å². The highest BCUT2D eigenvalue weighted by atomic mass is 19.1. The number of nitrogens with zero attached hydrogens (tertiary/aromatic N) is 4. The molecule has 2 aromatic rings. The topological polar surface area (TPSA) is 78.8 Å². The van der Waals surface area contributed by atoms with Crippen LogP contribution in [0, 0.1) is 5.82 Å². The fraction of sp³-hybridized carbons (Fsp3) is 0.542. The van der Waals surface area contributed by atoms with Crippen LogP contribution in [-0.4, -0.2) is 65.3 Å². The summed E-state index contributed by atoms with van der Waals surface area (Å²) in [6.45, 7) is 1.23. The highest BCUT2D eigenvalue weighted by Gasteiger charge is 2.35. The monoisotopic (exact) mass is 442 g/mol. The number of ether oxygens (including phenoxy) is 1. The summed E-state index contributed by atoms with van der Waals surface area (Å²) >= 11 is 0. The average Bonchev–Trinajstić information content (AvgIpc) is 2.79. The zero-order valence-electron chi connectivity index (χ0n) is 18.8. The summed E-state index contributed by atoms with van der Waals surface area (Å²) in [4.78, 5) is 25.8. The number of anilines is 1. The first-order valence-electron chi connectivity index (χ1n) is 11.3. The van der Waals surface area contributed by atoms with E-state index in [-0.39, 0.29) is 18.1 Å². The number of aliphatic hydroxyl groups is 1. The van der Waals surface area contributed by atoms with Crippen LogP contribution in [0.2, 0.25) is 0 Å². The number of carbonyl (C=O) groups is 1. The molecule has 0 spiro atoms. The van der Waals surface area contributed by atoms with Crippen molar-refractivity contribution in [3.63, 3.8) is 0 Å². The van der Waals surface area contributed by atoms with Gasteiger partial charge >= 0.3 is 0 Å². The van der Waals surface area contributed by atoms with Crippen molar-refractivity contribution in [3.05, 3.63) is 42.0 Å². The Bertz CT molecular complexity index is 945. The standard InChI is InChI=1S/C24H31FN4O3/c1-28(2)23-26-15-19(17-6-8-18(25)9-7-17)22(27-23)20-16-29(12-13-32-20)21(30)14-24(31)10-4-3-5-11-24/h6-9,15,20,31H,3-5,10-14,16H2,1-2H3/t20-/m0/s1. The van der Waals surface area contributed by atoms with Crippen LogP contribution in [0.1, 0.15) is 50.3 Å². The van der Waals surface area contributed by atoms with E-state index in [0.717, 1.165) is 30.4 Å². The highest BCUT2D eigenvalue weighted by molar-refractivity contribution is 5.77. The number of morpholine rings is 1. The van der Waals surface area contributed by atoms with Crippen molar-refractivity contribution in [2.24, 2.45) is 0 Å². The predicted molar refractivity (Wildman–Crippen MR) is 120 cm³/mol. The normalized spacial score (nSPS) is 20.8. The average molecular weight is 443 g/mol. The molecule has 1 saturated heterocycles. The first-order chi connectivity index (χ1) is 15.3. The molecule has 1 aromatic carbocycles. The molecule has 1 amide bonds. The van der Waals surface area contributed by atoms with Gasteiger partial charge in [-0.2, -0.15) is 0 Å². The lowest BCUT2D eigenvalue weighted by Crippen LogP contribution is -2.46. The zero-order chi connectivity index (χ0) is 22.7. The number of benzene rings is 1. The maximum Gasteiger partial charge on any atom is 0.225 e. The number of hydrogen-bond acceptors (Lipinski definition) is 6. The van der Waals surface area contributed by atoms with Gasteiger partial charge in [0.2, 0.25) is 11.9 Å². The molecule has 0 bridgehead atoms. The largest absolute Gasteiger partial charge is 0.389 e. The molecule has 1 aromatic heterocycles. The number of halogens is 1. The molecule has 2 aliphatic rings. The molecule has 1 aliphatic heterocycles. The summed E-state index contributed by atoms with van der Waals surface area (Å²) in [7, 11) is 3.72. The Hall–Kier alpha value is -2.58. The summed E-state index contributed by atoms with van der Waals surface area (Å²) in [6, 6.07) is 6.19. The smallest absolute Gasteiger partial charge is 0.225 e. The van der Waals surface area contributed by atoms with E-state index in [4.69, 9.17) is 9.72 Å². The molecule has 0 unspecified atom stereocenters. The van der Waals surface area contributed by atoms with E-state index in [0.29, 0.717) is 44.2 Å². The molecule has 0 radical (unpaired) electrons. The first kappa shape index (κ1) is 22.6. The Labute approximate surface area is 188 Å². The number of amides is 1. The van der Waals surface area contributed by atoms with E-state index in [2.05, 4.69) is 4.98 Å². The van der Waals surface area contributed by atoms with Gasteiger partial charge in [-0.1, -0.05) is 31.4 Å². The second kappa shape index (κ2) is 9.50. The summed E-state index contributed by atoms with van der Waals surface area (Å²) in [5.74, 6) is 0.176. The minimum absolute atomic E-state index is 0.0482. The fourth-order valence-corrected chi connectivity index (χ4v) is 4.52. The third-order valence-corrected chi connectivity index (χ3v) is 6.35. The quantitative estimate of drug-likeness (QED) is 0.765. The van der Waals surface area contributed by atoms with Crippen LogP contribution in [0.3, 0.4) is 0 Å². The van der Waals surface area contributed by atoms with E-state index >= 15 is 0 Å². The van der Waals surface area contributed by atoms with Gasteiger partial charge in [-0.15, -0.1) is 0 Å². The minimum Gasteiger partial charge on any atom is -0.389 e. The van der Waals surface area contributed by atoms with Gasteiger partial charge in [-0.05, 0) is 30.5 Å². The summed E-state index contributed by atoms with van der Waals surface area (Å²) in [5.41, 5.74) is 1.32. The fourth-order valence-electron chi connectivity index (χ4n) is 4.52. The number of rotatable bonds is 5. The van der Waals surface area contributed by atoms with Crippen molar-refractivity contribution in [3.8, 4) is 11.1 Å². The molecule has 7 nitrogen and oxygen atoms in total. The number of hydrogen-bond donors (Lipinski definition) is 1. The molecule has 4 rings (SSSR count). The lowest BCUT2D eigenvalue weighted by molar-refractivity contribution is -0.145. The van der Waals surface area contributed by atoms with Crippen molar-refractivity contribution < 1.29 is 19.0 Å². The predicted octanol–water partition coefficient (Wildman–Crippen LogP) is 3.33. The zero-order valence-corrected chi connectivity index (χ0v) is 18.8. The molecule has 8 heteroatoms. The molecular weight excluding hydrogens is 411 g/mol. The second-order valence-electron chi connectivity index (χ2n) is 9.03. The second-order valence-corrected chi connectivity index (χ2v) is 9.03. The summed E-state index contributed by atoms with van der Waals surface area (Å²) in [5, 5.41) is 10.8. The van der Waals surface area contributed by atoms with Crippen molar-refractivity contribution in [1.82, 2.24) is 14.9 Å². The molecule has 1 aliphatic carbocycles.